The third-order valence-electron chi connectivity index (χ3n) is 2.04. The van der Waals surface area contributed by atoms with Gasteiger partial charge in [0.2, 0.25) is 5.70 Å². The van der Waals surface area contributed by atoms with Gasteiger partial charge < -0.3 is 9.47 Å². The predicted octanol–water partition coefficient (Wildman–Crippen LogP) is 2.34. The van der Waals surface area contributed by atoms with Gasteiger partial charge in [-0.1, -0.05) is 0 Å². The number of hydrogen-bond donors (Lipinski definition) is 0. The lowest BCUT2D eigenvalue weighted by molar-refractivity contribution is -0.422. The Morgan fingerprint density at radius 1 is 1.25 bits per heavy atom. The number of nitrogens with zero attached hydrogens (tertiary/aromatic N) is 1. The molecule has 86 valence electrons. The van der Waals surface area contributed by atoms with Crippen molar-refractivity contribution < 1.29 is 14.4 Å². The number of benzene rings is 1. The lowest BCUT2D eigenvalue weighted by Gasteiger charge is -2.05. The second-order valence-corrected chi connectivity index (χ2v) is 3.19. The monoisotopic (exact) mass is 223 g/mol. The van der Waals surface area contributed by atoms with Crippen molar-refractivity contribution in [2.24, 2.45) is 0 Å². The van der Waals surface area contributed by atoms with E-state index >= 15 is 0 Å². The minimum absolute atomic E-state index is 0.0651. The summed E-state index contributed by atoms with van der Waals surface area (Å²) in [6.07, 6.45) is 1.46. The summed E-state index contributed by atoms with van der Waals surface area (Å²) in [6.45, 7) is 1.44. The van der Waals surface area contributed by atoms with Gasteiger partial charge in [-0.3, -0.25) is 10.1 Å². The summed E-state index contributed by atoms with van der Waals surface area (Å²) in [7, 11) is 3.06. The molecular formula is C11H13NO4. The van der Waals surface area contributed by atoms with E-state index in [0.29, 0.717) is 17.1 Å². The third kappa shape index (κ3) is 2.98. The maximum atomic E-state index is 10.5. The zero-order chi connectivity index (χ0) is 12.1. The van der Waals surface area contributed by atoms with Crippen LogP contribution in [0.4, 0.5) is 0 Å². The number of allylic oxidation sites excluding steroid dienone is 1. The molecule has 0 spiro atoms. The molecule has 0 saturated heterocycles. The maximum Gasteiger partial charge on any atom is 0.243 e. The predicted molar refractivity (Wildman–Crippen MR) is 60.2 cm³/mol. The largest absolute Gasteiger partial charge is 0.497 e. The van der Waals surface area contributed by atoms with E-state index in [1.165, 1.54) is 27.2 Å². The molecule has 1 aromatic rings. The van der Waals surface area contributed by atoms with Crippen molar-refractivity contribution >= 4 is 6.08 Å². The van der Waals surface area contributed by atoms with E-state index < -0.39 is 4.92 Å². The summed E-state index contributed by atoms with van der Waals surface area (Å²) in [4.78, 5) is 10.0. The average Bonchev–Trinajstić information content (AvgIpc) is 2.28. The Labute approximate surface area is 93.4 Å². The first kappa shape index (κ1) is 12.0. The van der Waals surface area contributed by atoms with Crippen LogP contribution in [-0.4, -0.2) is 19.1 Å². The molecule has 16 heavy (non-hydrogen) atoms. The quantitative estimate of drug-likeness (QED) is 0.580. The Hall–Kier alpha value is -2.04. The molecule has 1 rings (SSSR count). The maximum absolute atomic E-state index is 10.5. The summed E-state index contributed by atoms with van der Waals surface area (Å²) in [6, 6.07) is 5.11. The van der Waals surface area contributed by atoms with Crippen LogP contribution in [-0.2, 0) is 0 Å². The molecule has 0 N–H and O–H groups in total. The fraction of sp³-hybridized carbons (Fsp3) is 0.273. The Kier molecular flexibility index (Phi) is 3.88. The van der Waals surface area contributed by atoms with Gasteiger partial charge in [0.05, 0.1) is 19.1 Å². The highest BCUT2D eigenvalue weighted by atomic mass is 16.6. The zero-order valence-corrected chi connectivity index (χ0v) is 9.39. The minimum Gasteiger partial charge on any atom is -0.497 e. The number of rotatable bonds is 4. The van der Waals surface area contributed by atoms with Gasteiger partial charge in [0.1, 0.15) is 11.5 Å². The molecule has 0 heterocycles. The van der Waals surface area contributed by atoms with Crippen molar-refractivity contribution in [1.82, 2.24) is 0 Å². The van der Waals surface area contributed by atoms with Crippen molar-refractivity contribution in [2.75, 3.05) is 14.2 Å². The van der Waals surface area contributed by atoms with E-state index in [1.54, 1.807) is 18.2 Å². The highest BCUT2D eigenvalue weighted by molar-refractivity contribution is 5.56. The molecule has 0 atom stereocenters. The lowest BCUT2D eigenvalue weighted by atomic mass is 10.1. The number of hydrogen-bond acceptors (Lipinski definition) is 4. The normalized spacial score (nSPS) is 11.1. The summed E-state index contributed by atoms with van der Waals surface area (Å²) in [5.41, 5.74) is 0.737. The van der Waals surface area contributed by atoms with Crippen LogP contribution < -0.4 is 9.47 Å². The Morgan fingerprint density at radius 2 is 1.75 bits per heavy atom. The van der Waals surface area contributed by atoms with Gasteiger partial charge in [0.25, 0.3) is 0 Å². The summed E-state index contributed by atoms with van der Waals surface area (Å²) >= 11 is 0. The van der Waals surface area contributed by atoms with Crippen molar-refractivity contribution in [2.45, 2.75) is 6.92 Å². The molecule has 0 bridgehead atoms. The molecule has 0 radical (unpaired) electrons. The Bertz CT molecular complexity index is 404. The highest BCUT2D eigenvalue weighted by Gasteiger charge is 2.05. The van der Waals surface area contributed by atoms with E-state index in [-0.39, 0.29) is 5.70 Å². The third-order valence-corrected chi connectivity index (χ3v) is 2.04. The number of methoxy groups -OCH3 is 2. The second kappa shape index (κ2) is 5.16. The van der Waals surface area contributed by atoms with Gasteiger partial charge in [-0.2, -0.15) is 0 Å². The van der Waals surface area contributed by atoms with Gasteiger partial charge in [-0.15, -0.1) is 0 Å². The van der Waals surface area contributed by atoms with Gasteiger partial charge >= 0.3 is 0 Å². The topological polar surface area (TPSA) is 61.6 Å². The Balaban J connectivity index is 3.13. The SMILES string of the molecule is COc1cc(/C=C(/C)[N+](=O)[O-])cc(OC)c1. The lowest BCUT2D eigenvalue weighted by Crippen LogP contribution is -1.94. The van der Waals surface area contributed by atoms with Crippen LogP contribution in [0.2, 0.25) is 0 Å². The van der Waals surface area contributed by atoms with Crippen LogP contribution in [0.5, 0.6) is 11.5 Å². The van der Waals surface area contributed by atoms with Crippen molar-refractivity contribution in [3.8, 4) is 11.5 Å². The summed E-state index contributed by atoms with van der Waals surface area (Å²) in [5.74, 6) is 1.20. The van der Waals surface area contributed by atoms with Crippen LogP contribution >= 0.6 is 0 Å². The number of ether oxygens (including phenoxy) is 2. The van der Waals surface area contributed by atoms with E-state index in [0.717, 1.165) is 0 Å². The molecule has 0 amide bonds. The number of nitro groups is 1. The molecule has 5 heteroatoms. The van der Waals surface area contributed by atoms with Crippen molar-refractivity contribution in [3.63, 3.8) is 0 Å². The summed E-state index contributed by atoms with van der Waals surface area (Å²) in [5, 5.41) is 10.5. The van der Waals surface area contributed by atoms with E-state index in [4.69, 9.17) is 9.47 Å². The molecule has 0 aromatic heterocycles. The first-order chi connectivity index (χ1) is 7.56. The van der Waals surface area contributed by atoms with E-state index in [2.05, 4.69) is 0 Å². The van der Waals surface area contributed by atoms with Gasteiger partial charge in [0, 0.05) is 19.1 Å². The molecular weight excluding hydrogens is 210 g/mol. The molecule has 0 aliphatic carbocycles. The van der Waals surface area contributed by atoms with E-state index in [1.807, 2.05) is 0 Å². The van der Waals surface area contributed by atoms with Crippen LogP contribution in [0.1, 0.15) is 12.5 Å². The molecule has 0 fully saturated rings. The smallest absolute Gasteiger partial charge is 0.243 e. The fourth-order valence-corrected chi connectivity index (χ4v) is 1.21. The van der Waals surface area contributed by atoms with Gasteiger partial charge in [0.15, 0.2) is 0 Å². The fourth-order valence-electron chi connectivity index (χ4n) is 1.21. The highest BCUT2D eigenvalue weighted by Crippen LogP contribution is 2.23. The average molecular weight is 223 g/mol. The zero-order valence-electron chi connectivity index (χ0n) is 9.39. The molecule has 0 aliphatic heterocycles. The first-order valence-corrected chi connectivity index (χ1v) is 4.62. The molecule has 0 aliphatic rings. The van der Waals surface area contributed by atoms with Crippen molar-refractivity contribution in [3.05, 3.63) is 39.6 Å². The van der Waals surface area contributed by atoms with Crippen LogP contribution in [0.25, 0.3) is 6.08 Å². The molecule has 1 aromatic carbocycles. The van der Waals surface area contributed by atoms with E-state index in [9.17, 15) is 10.1 Å². The van der Waals surface area contributed by atoms with Crippen molar-refractivity contribution in [1.29, 1.82) is 0 Å². The van der Waals surface area contributed by atoms with Gasteiger partial charge in [-0.05, 0) is 17.7 Å². The molecule has 0 unspecified atom stereocenters. The molecule has 5 nitrogen and oxygen atoms in total. The van der Waals surface area contributed by atoms with Crippen LogP contribution in [0, 0.1) is 10.1 Å². The van der Waals surface area contributed by atoms with Crippen LogP contribution in [0.3, 0.4) is 0 Å². The molecule has 0 saturated carbocycles. The first-order valence-electron chi connectivity index (χ1n) is 4.62. The standard InChI is InChI=1S/C11H13NO4/c1-8(12(13)14)4-9-5-10(15-2)7-11(6-9)16-3/h4-7H,1-3H3/b8-4-. The second-order valence-electron chi connectivity index (χ2n) is 3.19. The van der Waals surface area contributed by atoms with Crippen LogP contribution in [0.15, 0.2) is 23.9 Å². The summed E-state index contributed by atoms with van der Waals surface area (Å²) < 4.78 is 10.1. The Morgan fingerprint density at radius 3 is 2.12 bits per heavy atom. The minimum atomic E-state index is -0.439. The van der Waals surface area contributed by atoms with Gasteiger partial charge in [-0.25, -0.2) is 0 Å².